The van der Waals surface area contributed by atoms with Gasteiger partial charge in [0.2, 0.25) is 0 Å². The molecule has 0 aliphatic carbocycles. The van der Waals surface area contributed by atoms with Crippen molar-refractivity contribution in [1.82, 2.24) is 14.5 Å². The van der Waals surface area contributed by atoms with E-state index in [9.17, 15) is 0 Å². The summed E-state index contributed by atoms with van der Waals surface area (Å²) in [6.45, 7) is 2.95. The maximum Gasteiger partial charge on any atom is 0.166 e. The molecule has 0 spiro atoms. The Hall–Kier alpha value is -3.90. The molecule has 0 aliphatic rings. The molecular weight excluding hydrogens is 452 g/mol. The molecule has 5 nitrogen and oxygen atoms in total. The molecule has 0 radical (unpaired) electrons. The molecule has 1 N–H and O–H groups in total. The van der Waals surface area contributed by atoms with Gasteiger partial charge in [-0.3, -0.25) is 0 Å². The fourth-order valence-electron chi connectivity index (χ4n) is 4.52. The van der Waals surface area contributed by atoms with Crippen molar-refractivity contribution in [3.63, 3.8) is 0 Å². The highest BCUT2D eigenvalue weighted by atomic mass is 32.1. The molecular formula is C29H26N4OS. The van der Waals surface area contributed by atoms with Gasteiger partial charge in [-0.25, -0.2) is 9.97 Å². The first-order valence-electron chi connectivity index (χ1n) is 11.8. The molecule has 0 bridgehead atoms. The number of nitrogens with zero attached hydrogens (tertiary/aromatic N) is 3. The third-order valence-electron chi connectivity index (χ3n) is 6.40. The van der Waals surface area contributed by atoms with Crippen LogP contribution in [0.25, 0.3) is 43.6 Å². The van der Waals surface area contributed by atoms with Gasteiger partial charge in [-0.15, -0.1) is 11.3 Å². The van der Waals surface area contributed by atoms with Gasteiger partial charge < -0.3 is 14.3 Å². The molecule has 0 atom stereocenters. The number of thiophene rings is 1. The first kappa shape index (κ1) is 21.6. The fourth-order valence-corrected chi connectivity index (χ4v) is 5.40. The standard InChI is InChI=1S/C29H26N4OS/c1-19-16-25-28(31-27(32-29(25)35-19)24-12-15-34-18-24)30-13-3-4-20-5-7-21(8-6-20)22-9-10-26-23(17-22)11-14-33(26)2/h5-12,14-18H,3-4,13H2,1-2H3,(H,30,31,32). The Morgan fingerprint density at radius 1 is 0.943 bits per heavy atom. The molecule has 6 aromatic rings. The third-order valence-corrected chi connectivity index (χ3v) is 7.35. The van der Waals surface area contributed by atoms with Gasteiger partial charge >= 0.3 is 0 Å². The van der Waals surface area contributed by atoms with Crippen molar-refractivity contribution < 1.29 is 4.42 Å². The maximum atomic E-state index is 5.23. The molecule has 0 amide bonds. The molecule has 35 heavy (non-hydrogen) atoms. The zero-order valence-corrected chi connectivity index (χ0v) is 20.6. The average molecular weight is 479 g/mol. The molecule has 2 aromatic carbocycles. The summed E-state index contributed by atoms with van der Waals surface area (Å²) in [5.74, 6) is 1.59. The molecule has 174 valence electrons. The summed E-state index contributed by atoms with van der Waals surface area (Å²) in [7, 11) is 2.08. The largest absolute Gasteiger partial charge is 0.472 e. The molecule has 0 saturated heterocycles. The second-order valence-corrected chi connectivity index (χ2v) is 10.1. The lowest BCUT2D eigenvalue weighted by molar-refractivity contribution is 0.568. The van der Waals surface area contributed by atoms with Crippen molar-refractivity contribution in [3.05, 3.63) is 89.8 Å². The van der Waals surface area contributed by atoms with Crippen molar-refractivity contribution in [2.45, 2.75) is 19.8 Å². The Morgan fingerprint density at radius 3 is 2.63 bits per heavy atom. The lowest BCUT2D eigenvalue weighted by Gasteiger charge is -2.09. The van der Waals surface area contributed by atoms with Crippen LogP contribution < -0.4 is 5.32 Å². The van der Waals surface area contributed by atoms with E-state index < -0.39 is 0 Å². The lowest BCUT2D eigenvalue weighted by atomic mass is 10.0. The quantitative estimate of drug-likeness (QED) is 0.242. The predicted molar refractivity (Wildman–Crippen MR) is 145 cm³/mol. The molecule has 6 heteroatoms. The van der Waals surface area contributed by atoms with Gasteiger partial charge in [0.15, 0.2) is 5.82 Å². The Kier molecular flexibility index (Phi) is 5.58. The van der Waals surface area contributed by atoms with Gasteiger partial charge in [-0.2, -0.15) is 0 Å². The van der Waals surface area contributed by atoms with E-state index in [2.05, 4.69) is 84.6 Å². The number of rotatable bonds is 7. The second kappa shape index (κ2) is 9.04. The Bertz CT molecular complexity index is 1610. The normalized spacial score (nSPS) is 11.5. The van der Waals surface area contributed by atoms with Crippen LogP contribution in [0.2, 0.25) is 0 Å². The minimum absolute atomic E-state index is 0.694. The highest BCUT2D eigenvalue weighted by Gasteiger charge is 2.12. The van der Waals surface area contributed by atoms with E-state index in [1.165, 1.54) is 32.5 Å². The summed E-state index contributed by atoms with van der Waals surface area (Å²) in [5.41, 5.74) is 6.00. The minimum Gasteiger partial charge on any atom is -0.472 e. The van der Waals surface area contributed by atoms with Gasteiger partial charge in [0, 0.05) is 35.6 Å². The first-order valence-corrected chi connectivity index (χ1v) is 12.6. The van der Waals surface area contributed by atoms with Gasteiger partial charge in [0.1, 0.15) is 16.9 Å². The molecule has 4 aromatic heterocycles. The van der Waals surface area contributed by atoms with Crippen molar-refractivity contribution in [3.8, 4) is 22.5 Å². The number of hydrogen-bond donors (Lipinski definition) is 1. The third kappa shape index (κ3) is 4.33. The number of aryl methyl sites for hydroxylation is 3. The Labute approximate surface area is 208 Å². The summed E-state index contributed by atoms with van der Waals surface area (Å²) in [4.78, 5) is 11.8. The van der Waals surface area contributed by atoms with Crippen LogP contribution in [0.15, 0.2) is 83.8 Å². The maximum absolute atomic E-state index is 5.23. The van der Waals surface area contributed by atoms with Crippen molar-refractivity contribution in [2.75, 3.05) is 11.9 Å². The predicted octanol–water partition coefficient (Wildman–Crippen LogP) is 7.46. The smallest absolute Gasteiger partial charge is 0.166 e. The van der Waals surface area contributed by atoms with Crippen LogP contribution in [0.1, 0.15) is 16.9 Å². The molecule has 0 fully saturated rings. The number of anilines is 1. The number of hydrogen-bond acceptors (Lipinski definition) is 5. The number of benzene rings is 2. The van der Waals surface area contributed by atoms with Crippen molar-refractivity contribution >= 4 is 38.3 Å². The van der Waals surface area contributed by atoms with Crippen LogP contribution in [-0.2, 0) is 13.5 Å². The Balaban J connectivity index is 1.12. The fraction of sp³-hybridized carbons (Fsp3) is 0.172. The number of aromatic nitrogens is 3. The first-order chi connectivity index (χ1) is 17.1. The summed E-state index contributed by atoms with van der Waals surface area (Å²) in [6.07, 6.45) is 7.48. The van der Waals surface area contributed by atoms with Gasteiger partial charge in [0.25, 0.3) is 0 Å². The van der Waals surface area contributed by atoms with Gasteiger partial charge in [-0.05, 0) is 66.8 Å². The van der Waals surface area contributed by atoms with E-state index in [0.29, 0.717) is 5.82 Å². The van der Waals surface area contributed by atoms with Crippen LogP contribution in [0.4, 0.5) is 5.82 Å². The van der Waals surface area contributed by atoms with E-state index in [4.69, 9.17) is 14.4 Å². The van der Waals surface area contributed by atoms with Crippen LogP contribution in [0, 0.1) is 6.92 Å². The van der Waals surface area contributed by atoms with Crippen LogP contribution in [0.5, 0.6) is 0 Å². The van der Waals surface area contributed by atoms with E-state index in [1.807, 2.05) is 6.07 Å². The highest BCUT2D eigenvalue weighted by molar-refractivity contribution is 7.18. The highest BCUT2D eigenvalue weighted by Crippen LogP contribution is 2.31. The number of furan rings is 1. The summed E-state index contributed by atoms with van der Waals surface area (Å²) in [6, 6.07) is 21.8. The second-order valence-electron chi connectivity index (χ2n) is 8.91. The molecule has 6 rings (SSSR count). The molecule has 0 saturated carbocycles. The average Bonchev–Trinajstić information content (AvgIpc) is 3.62. The summed E-state index contributed by atoms with van der Waals surface area (Å²) in [5, 5.41) is 5.91. The number of nitrogens with one attached hydrogen (secondary N) is 1. The van der Waals surface area contributed by atoms with E-state index >= 15 is 0 Å². The van der Waals surface area contributed by atoms with Crippen LogP contribution in [-0.4, -0.2) is 21.1 Å². The lowest BCUT2D eigenvalue weighted by Crippen LogP contribution is -2.06. The molecule has 0 unspecified atom stereocenters. The van der Waals surface area contributed by atoms with Crippen molar-refractivity contribution in [2.24, 2.45) is 7.05 Å². The van der Waals surface area contributed by atoms with E-state index in [0.717, 1.165) is 41.0 Å². The topological polar surface area (TPSA) is 55.9 Å². The minimum atomic E-state index is 0.694. The Morgan fingerprint density at radius 2 is 1.80 bits per heavy atom. The number of fused-ring (bicyclic) bond motifs is 2. The summed E-state index contributed by atoms with van der Waals surface area (Å²) < 4.78 is 7.39. The zero-order chi connectivity index (χ0) is 23.8. The molecule has 0 aliphatic heterocycles. The van der Waals surface area contributed by atoms with E-state index in [1.54, 1.807) is 23.9 Å². The monoisotopic (exact) mass is 478 g/mol. The zero-order valence-electron chi connectivity index (χ0n) is 19.8. The summed E-state index contributed by atoms with van der Waals surface area (Å²) >= 11 is 1.69. The molecule has 4 heterocycles. The van der Waals surface area contributed by atoms with Crippen molar-refractivity contribution in [1.29, 1.82) is 0 Å². The van der Waals surface area contributed by atoms with Crippen LogP contribution in [0.3, 0.4) is 0 Å². The van der Waals surface area contributed by atoms with Gasteiger partial charge in [0.05, 0.1) is 17.2 Å². The SMILES string of the molecule is Cc1cc2c(NCCCc3ccc(-c4ccc5c(ccn5C)c4)cc3)nc(-c3ccoc3)nc2s1. The van der Waals surface area contributed by atoms with E-state index in [-0.39, 0.29) is 0 Å². The van der Waals surface area contributed by atoms with Crippen LogP contribution >= 0.6 is 11.3 Å². The van der Waals surface area contributed by atoms with Gasteiger partial charge in [-0.1, -0.05) is 30.3 Å².